The number of thiazole rings is 1. The molecule has 0 spiro atoms. The number of hydrogen-bond donors (Lipinski definition) is 1. The second-order valence-electron chi connectivity index (χ2n) is 6.13. The standard InChI is InChI=1S/C17H15F3N4O2S/c18-17(19,20)14-11(9-21-8-10-4-3-7-26-10)15(25)24(23-14)16-22-12-5-1-2-6-13(12)27-16/h1-2,5-6,9-10,23H,3-4,7-8H2/t10-/m0/s1. The van der Waals surface area contributed by atoms with Gasteiger partial charge in [0.15, 0.2) is 5.69 Å². The zero-order valence-electron chi connectivity index (χ0n) is 14.0. The molecule has 0 amide bonds. The Labute approximate surface area is 155 Å². The van der Waals surface area contributed by atoms with E-state index in [0.717, 1.165) is 39.8 Å². The number of H-pyrrole nitrogens is 1. The van der Waals surface area contributed by atoms with Gasteiger partial charge in [0.2, 0.25) is 5.13 Å². The zero-order valence-corrected chi connectivity index (χ0v) is 14.8. The molecule has 0 radical (unpaired) electrons. The van der Waals surface area contributed by atoms with Crippen molar-refractivity contribution in [2.45, 2.75) is 25.1 Å². The van der Waals surface area contributed by atoms with Crippen LogP contribution in [0.3, 0.4) is 0 Å². The first-order valence-electron chi connectivity index (χ1n) is 8.33. The summed E-state index contributed by atoms with van der Waals surface area (Å²) >= 11 is 1.13. The Morgan fingerprint density at radius 2 is 2.22 bits per heavy atom. The number of halogens is 3. The first-order valence-corrected chi connectivity index (χ1v) is 9.15. The van der Waals surface area contributed by atoms with Crippen LogP contribution in [-0.2, 0) is 10.9 Å². The van der Waals surface area contributed by atoms with Gasteiger partial charge >= 0.3 is 6.18 Å². The first kappa shape index (κ1) is 17.9. The van der Waals surface area contributed by atoms with Crippen molar-refractivity contribution in [2.24, 2.45) is 4.99 Å². The number of ether oxygens (including phenoxy) is 1. The molecular weight excluding hydrogens is 381 g/mol. The molecule has 1 atom stereocenters. The van der Waals surface area contributed by atoms with Gasteiger partial charge in [-0.05, 0) is 25.0 Å². The van der Waals surface area contributed by atoms with E-state index in [1.54, 1.807) is 24.3 Å². The SMILES string of the molecule is O=c1c(C=NC[C@@H]2CCCO2)c(C(F)(F)F)[nH]n1-c1nc2ccccc2s1. The second-order valence-corrected chi connectivity index (χ2v) is 7.14. The Kier molecular flexibility index (Phi) is 4.60. The van der Waals surface area contributed by atoms with E-state index in [-0.39, 0.29) is 17.8 Å². The van der Waals surface area contributed by atoms with Crippen LogP contribution in [-0.4, -0.2) is 40.2 Å². The average molecular weight is 396 g/mol. The van der Waals surface area contributed by atoms with E-state index in [1.165, 1.54) is 0 Å². The number of nitrogens with one attached hydrogen (secondary N) is 1. The fraction of sp³-hybridized carbons (Fsp3) is 0.353. The quantitative estimate of drug-likeness (QED) is 0.687. The lowest BCUT2D eigenvalue weighted by Crippen LogP contribution is -2.18. The topological polar surface area (TPSA) is 72.3 Å². The molecule has 10 heteroatoms. The van der Waals surface area contributed by atoms with Crippen molar-refractivity contribution in [1.82, 2.24) is 14.8 Å². The van der Waals surface area contributed by atoms with E-state index < -0.39 is 23.0 Å². The van der Waals surface area contributed by atoms with Crippen molar-refractivity contribution in [3.05, 3.63) is 45.9 Å². The van der Waals surface area contributed by atoms with Gasteiger partial charge in [0.1, 0.15) is 0 Å². The lowest BCUT2D eigenvalue weighted by atomic mass is 10.2. The van der Waals surface area contributed by atoms with Gasteiger partial charge in [-0.1, -0.05) is 23.5 Å². The molecule has 1 aliphatic rings. The smallest absolute Gasteiger partial charge is 0.376 e. The number of rotatable bonds is 4. The minimum atomic E-state index is -4.72. The highest BCUT2D eigenvalue weighted by atomic mass is 32.1. The van der Waals surface area contributed by atoms with Crippen molar-refractivity contribution >= 4 is 27.8 Å². The molecule has 0 aliphatic carbocycles. The van der Waals surface area contributed by atoms with Crippen molar-refractivity contribution in [2.75, 3.05) is 13.2 Å². The second kappa shape index (κ2) is 6.93. The fourth-order valence-electron chi connectivity index (χ4n) is 2.93. The lowest BCUT2D eigenvalue weighted by molar-refractivity contribution is -0.141. The van der Waals surface area contributed by atoms with Crippen LogP contribution in [0, 0.1) is 0 Å². The molecule has 1 N–H and O–H groups in total. The summed E-state index contributed by atoms with van der Waals surface area (Å²) < 4.78 is 47.2. The zero-order chi connectivity index (χ0) is 19.0. The van der Waals surface area contributed by atoms with Crippen LogP contribution in [0.4, 0.5) is 13.2 Å². The summed E-state index contributed by atoms with van der Waals surface area (Å²) in [6, 6.07) is 7.09. The number of para-hydroxylation sites is 1. The number of aromatic amines is 1. The van der Waals surface area contributed by atoms with E-state index >= 15 is 0 Å². The average Bonchev–Trinajstić information content (AvgIpc) is 3.33. The summed E-state index contributed by atoms with van der Waals surface area (Å²) in [5.74, 6) is 0. The molecule has 0 unspecified atom stereocenters. The van der Waals surface area contributed by atoms with Crippen molar-refractivity contribution in [3.63, 3.8) is 0 Å². The number of benzene rings is 1. The van der Waals surface area contributed by atoms with E-state index in [4.69, 9.17) is 4.74 Å². The van der Waals surface area contributed by atoms with Crippen LogP contribution in [0.2, 0.25) is 0 Å². The Bertz CT molecular complexity index is 1010. The Morgan fingerprint density at radius 3 is 2.93 bits per heavy atom. The van der Waals surface area contributed by atoms with Crippen molar-refractivity contribution < 1.29 is 17.9 Å². The van der Waals surface area contributed by atoms with Crippen LogP contribution < -0.4 is 5.56 Å². The summed E-state index contributed by atoms with van der Waals surface area (Å²) in [6.07, 6.45) is -2.13. The molecule has 6 nitrogen and oxygen atoms in total. The first-order chi connectivity index (χ1) is 12.9. The molecule has 2 aromatic heterocycles. The predicted octanol–water partition coefficient (Wildman–Crippen LogP) is 3.39. The molecule has 1 saturated heterocycles. The Balaban J connectivity index is 1.73. The number of hydrogen-bond acceptors (Lipinski definition) is 5. The normalized spacial score (nSPS) is 18.1. The Hall–Kier alpha value is -2.46. The minimum absolute atomic E-state index is 0.110. The van der Waals surface area contributed by atoms with E-state index in [2.05, 4.69) is 15.1 Å². The molecule has 0 saturated carbocycles. The predicted molar refractivity (Wildman–Crippen MR) is 96.0 cm³/mol. The van der Waals surface area contributed by atoms with E-state index in [0.29, 0.717) is 12.1 Å². The minimum Gasteiger partial charge on any atom is -0.376 e. The van der Waals surface area contributed by atoms with Gasteiger partial charge in [0.05, 0.1) is 28.4 Å². The van der Waals surface area contributed by atoms with Crippen LogP contribution in [0.5, 0.6) is 0 Å². The highest BCUT2D eigenvalue weighted by Crippen LogP contribution is 2.30. The molecule has 0 bridgehead atoms. The van der Waals surface area contributed by atoms with Gasteiger partial charge in [-0.25, -0.2) is 4.98 Å². The molecule has 1 aromatic carbocycles. The third-order valence-electron chi connectivity index (χ3n) is 4.24. The Morgan fingerprint density at radius 1 is 1.41 bits per heavy atom. The van der Waals surface area contributed by atoms with Gasteiger partial charge in [0.25, 0.3) is 5.56 Å². The van der Waals surface area contributed by atoms with Crippen molar-refractivity contribution in [3.8, 4) is 5.13 Å². The molecule has 27 heavy (non-hydrogen) atoms. The monoisotopic (exact) mass is 396 g/mol. The van der Waals surface area contributed by atoms with Crippen LogP contribution in [0.15, 0.2) is 34.1 Å². The maximum absolute atomic E-state index is 13.4. The lowest BCUT2D eigenvalue weighted by Gasteiger charge is -2.05. The van der Waals surface area contributed by atoms with Gasteiger partial charge in [-0.15, -0.1) is 0 Å². The highest BCUT2D eigenvalue weighted by molar-refractivity contribution is 7.20. The summed E-state index contributed by atoms with van der Waals surface area (Å²) in [4.78, 5) is 20.9. The fourth-order valence-corrected chi connectivity index (χ4v) is 3.85. The summed E-state index contributed by atoms with van der Waals surface area (Å²) in [5, 5.41) is 2.29. The number of nitrogens with zero attached hydrogens (tertiary/aromatic N) is 3. The van der Waals surface area contributed by atoms with Gasteiger partial charge in [-0.3, -0.25) is 14.9 Å². The maximum atomic E-state index is 13.4. The summed E-state index contributed by atoms with van der Waals surface area (Å²) in [7, 11) is 0. The largest absolute Gasteiger partial charge is 0.433 e. The number of fused-ring (bicyclic) bond motifs is 1. The number of alkyl halides is 3. The summed E-state index contributed by atoms with van der Waals surface area (Å²) in [6.45, 7) is 0.853. The molecule has 4 rings (SSSR count). The van der Waals surface area contributed by atoms with Gasteiger partial charge in [-0.2, -0.15) is 17.9 Å². The maximum Gasteiger partial charge on any atom is 0.433 e. The van der Waals surface area contributed by atoms with E-state index in [9.17, 15) is 18.0 Å². The highest BCUT2D eigenvalue weighted by Gasteiger charge is 2.38. The molecule has 3 aromatic rings. The van der Waals surface area contributed by atoms with E-state index in [1.807, 2.05) is 0 Å². The number of aliphatic imine (C=N–C) groups is 1. The molecule has 1 aliphatic heterocycles. The molecule has 3 heterocycles. The van der Waals surface area contributed by atoms with Crippen LogP contribution >= 0.6 is 11.3 Å². The molecular formula is C17H15F3N4O2S. The van der Waals surface area contributed by atoms with Crippen LogP contribution in [0.25, 0.3) is 15.3 Å². The third kappa shape index (κ3) is 3.54. The molecule has 142 valence electrons. The van der Waals surface area contributed by atoms with Crippen LogP contribution in [0.1, 0.15) is 24.1 Å². The van der Waals surface area contributed by atoms with Crippen molar-refractivity contribution in [1.29, 1.82) is 0 Å². The van der Waals surface area contributed by atoms with Gasteiger partial charge in [0, 0.05) is 12.8 Å². The summed E-state index contributed by atoms with van der Waals surface area (Å²) in [5.41, 5.74) is -1.89. The number of aromatic nitrogens is 3. The van der Waals surface area contributed by atoms with Gasteiger partial charge < -0.3 is 4.74 Å². The molecule has 1 fully saturated rings. The third-order valence-corrected chi connectivity index (χ3v) is 5.26.